The SMILES string of the molecule is O=C1C(=O)C(Cl)c2c1cc(Cl)c(Cl)c2Cl. The lowest BCUT2D eigenvalue weighted by atomic mass is 10.1. The van der Waals surface area contributed by atoms with Gasteiger partial charge in [0.1, 0.15) is 5.38 Å². The molecule has 78 valence electrons. The molecular formula is C9H2Cl4O2. The Morgan fingerprint density at radius 3 is 2.27 bits per heavy atom. The number of alkyl halides is 1. The highest BCUT2D eigenvalue weighted by molar-refractivity contribution is 6.59. The summed E-state index contributed by atoms with van der Waals surface area (Å²) in [4.78, 5) is 22.7. The zero-order valence-corrected chi connectivity index (χ0v) is 10.0. The van der Waals surface area contributed by atoms with Gasteiger partial charge < -0.3 is 0 Å². The molecule has 0 N–H and O–H groups in total. The highest BCUT2D eigenvalue weighted by Crippen LogP contribution is 2.44. The van der Waals surface area contributed by atoms with Crippen molar-refractivity contribution in [1.82, 2.24) is 0 Å². The molecule has 0 aromatic heterocycles. The minimum atomic E-state index is -1.06. The molecule has 1 aliphatic carbocycles. The smallest absolute Gasteiger partial charge is 0.230 e. The van der Waals surface area contributed by atoms with Gasteiger partial charge in [0.15, 0.2) is 0 Å². The van der Waals surface area contributed by atoms with Gasteiger partial charge in [-0.2, -0.15) is 0 Å². The van der Waals surface area contributed by atoms with Gasteiger partial charge in [-0.3, -0.25) is 9.59 Å². The van der Waals surface area contributed by atoms with E-state index in [0.717, 1.165) is 0 Å². The lowest BCUT2D eigenvalue weighted by Crippen LogP contribution is -2.07. The van der Waals surface area contributed by atoms with Crippen molar-refractivity contribution in [2.45, 2.75) is 5.38 Å². The summed E-state index contributed by atoms with van der Waals surface area (Å²) in [5, 5.41) is -0.759. The molecule has 1 atom stereocenters. The minimum absolute atomic E-state index is 0.0679. The van der Waals surface area contributed by atoms with E-state index in [-0.39, 0.29) is 26.2 Å². The summed E-state index contributed by atoms with van der Waals surface area (Å²) < 4.78 is 0. The van der Waals surface area contributed by atoms with Crippen LogP contribution in [0.5, 0.6) is 0 Å². The third-order valence-electron chi connectivity index (χ3n) is 2.15. The first-order valence-corrected chi connectivity index (χ1v) is 5.42. The van der Waals surface area contributed by atoms with Crippen LogP contribution in [0.15, 0.2) is 6.07 Å². The molecule has 1 aliphatic rings. The Morgan fingerprint density at radius 1 is 1.07 bits per heavy atom. The Balaban J connectivity index is 2.81. The molecule has 6 heteroatoms. The van der Waals surface area contributed by atoms with Crippen LogP contribution in [0.2, 0.25) is 15.1 Å². The van der Waals surface area contributed by atoms with Gasteiger partial charge in [0.2, 0.25) is 11.6 Å². The Labute approximate surface area is 105 Å². The number of ketones is 2. The number of hydrogen-bond donors (Lipinski definition) is 0. The lowest BCUT2D eigenvalue weighted by molar-refractivity contribution is -0.114. The van der Waals surface area contributed by atoms with Crippen molar-refractivity contribution >= 4 is 58.0 Å². The number of Topliss-reactive ketones (excluding diaryl/α,β-unsaturated/α-hetero) is 2. The second kappa shape index (κ2) is 3.63. The van der Waals surface area contributed by atoms with Crippen molar-refractivity contribution in [3.05, 3.63) is 32.3 Å². The molecule has 0 aliphatic heterocycles. The summed E-state index contributed by atoms with van der Waals surface area (Å²) in [6.07, 6.45) is 0. The highest BCUT2D eigenvalue weighted by atomic mass is 35.5. The maximum atomic E-state index is 11.4. The molecule has 0 heterocycles. The fraction of sp³-hybridized carbons (Fsp3) is 0.111. The van der Waals surface area contributed by atoms with Crippen LogP contribution in [-0.4, -0.2) is 11.6 Å². The van der Waals surface area contributed by atoms with Crippen LogP contribution in [0.3, 0.4) is 0 Å². The predicted octanol–water partition coefficient (Wildman–Crippen LogP) is 3.69. The van der Waals surface area contributed by atoms with Crippen LogP contribution in [0.4, 0.5) is 0 Å². The van der Waals surface area contributed by atoms with Gasteiger partial charge in [-0.1, -0.05) is 34.8 Å². The molecule has 1 aromatic carbocycles. The first kappa shape index (κ1) is 11.2. The van der Waals surface area contributed by atoms with Gasteiger partial charge in [0, 0.05) is 11.1 Å². The van der Waals surface area contributed by atoms with E-state index in [1.54, 1.807) is 0 Å². The van der Waals surface area contributed by atoms with E-state index >= 15 is 0 Å². The van der Waals surface area contributed by atoms with Crippen molar-refractivity contribution in [1.29, 1.82) is 0 Å². The molecule has 0 bridgehead atoms. The third-order valence-corrected chi connectivity index (χ3v) is 3.85. The first-order chi connectivity index (χ1) is 6.95. The maximum Gasteiger partial charge on any atom is 0.230 e. The topological polar surface area (TPSA) is 34.1 Å². The Hall–Kier alpha value is -0.280. The summed E-state index contributed by atoms with van der Waals surface area (Å²) in [6, 6.07) is 1.31. The van der Waals surface area contributed by atoms with E-state index in [4.69, 9.17) is 46.4 Å². The van der Waals surface area contributed by atoms with Crippen LogP contribution in [0, 0.1) is 0 Å². The quantitative estimate of drug-likeness (QED) is 0.413. The van der Waals surface area contributed by atoms with Gasteiger partial charge >= 0.3 is 0 Å². The van der Waals surface area contributed by atoms with Gasteiger partial charge in [0.05, 0.1) is 15.1 Å². The van der Waals surface area contributed by atoms with Gasteiger partial charge in [0.25, 0.3) is 0 Å². The fourth-order valence-corrected chi connectivity index (χ4v) is 2.53. The van der Waals surface area contributed by atoms with E-state index in [2.05, 4.69) is 0 Å². The average molecular weight is 284 g/mol. The maximum absolute atomic E-state index is 11.4. The van der Waals surface area contributed by atoms with Gasteiger partial charge in [-0.15, -0.1) is 11.6 Å². The second-order valence-electron chi connectivity index (χ2n) is 3.00. The summed E-state index contributed by atoms with van der Waals surface area (Å²) >= 11 is 23.1. The second-order valence-corrected chi connectivity index (χ2v) is 4.60. The minimum Gasteiger partial charge on any atom is -0.288 e. The molecule has 0 spiro atoms. The molecule has 2 nitrogen and oxygen atoms in total. The van der Waals surface area contributed by atoms with Gasteiger partial charge in [-0.05, 0) is 6.07 Å². The number of hydrogen-bond acceptors (Lipinski definition) is 2. The molecule has 2 rings (SSSR count). The summed E-state index contributed by atoms with van der Waals surface area (Å²) in [6.45, 7) is 0. The van der Waals surface area contributed by atoms with E-state index < -0.39 is 16.9 Å². The van der Waals surface area contributed by atoms with E-state index in [1.807, 2.05) is 0 Å². The third kappa shape index (κ3) is 1.48. The highest BCUT2D eigenvalue weighted by Gasteiger charge is 2.40. The first-order valence-electron chi connectivity index (χ1n) is 3.85. The number of carbonyl (C=O) groups excluding carboxylic acids is 2. The molecule has 0 radical (unpaired) electrons. The Kier molecular flexibility index (Phi) is 2.72. The number of halogens is 4. The largest absolute Gasteiger partial charge is 0.288 e. The number of rotatable bonds is 0. The molecule has 0 saturated heterocycles. The molecule has 1 aromatic rings. The van der Waals surface area contributed by atoms with Crippen LogP contribution in [0.1, 0.15) is 21.3 Å². The summed E-state index contributed by atoms with van der Waals surface area (Å²) in [5.74, 6) is -1.38. The zero-order valence-electron chi connectivity index (χ0n) is 6.98. The molecule has 0 fully saturated rings. The number of carbonyl (C=O) groups is 2. The molecule has 0 saturated carbocycles. The van der Waals surface area contributed by atoms with Crippen molar-refractivity contribution in [2.75, 3.05) is 0 Å². The Bertz CT molecular complexity index is 495. The predicted molar refractivity (Wildman–Crippen MR) is 59.4 cm³/mol. The molecule has 15 heavy (non-hydrogen) atoms. The van der Waals surface area contributed by atoms with Crippen molar-refractivity contribution in [2.24, 2.45) is 0 Å². The standard InChI is InChI=1S/C9H2Cl4O2/c10-3-1-2-4(6(12)5(3)11)7(13)9(15)8(2)14/h1,7H. The lowest BCUT2D eigenvalue weighted by Gasteiger charge is -2.06. The van der Waals surface area contributed by atoms with E-state index in [9.17, 15) is 9.59 Å². The Morgan fingerprint density at radius 2 is 1.67 bits per heavy atom. The van der Waals surface area contributed by atoms with Crippen LogP contribution >= 0.6 is 46.4 Å². The zero-order chi connectivity index (χ0) is 11.3. The van der Waals surface area contributed by atoms with Gasteiger partial charge in [-0.25, -0.2) is 0 Å². The van der Waals surface area contributed by atoms with Crippen LogP contribution < -0.4 is 0 Å². The monoisotopic (exact) mass is 282 g/mol. The summed E-state index contributed by atoms with van der Waals surface area (Å²) in [7, 11) is 0. The molecule has 1 unspecified atom stereocenters. The summed E-state index contributed by atoms with van der Waals surface area (Å²) in [5.41, 5.74) is 0.391. The number of fused-ring (bicyclic) bond motifs is 1. The van der Waals surface area contributed by atoms with Crippen molar-refractivity contribution in [3.63, 3.8) is 0 Å². The van der Waals surface area contributed by atoms with E-state index in [0.29, 0.717) is 0 Å². The average Bonchev–Trinajstić information content (AvgIpc) is 2.40. The van der Waals surface area contributed by atoms with E-state index in [1.165, 1.54) is 6.07 Å². The van der Waals surface area contributed by atoms with Crippen molar-refractivity contribution in [3.8, 4) is 0 Å². The fourth-order valence-electron chi connectivity index (χ4n) is 1.42. The molecule has 0 amide bonds. The van der Waals surface area contributed by atoms with Crippen LogP contribution in [-0.2, 0) is 4.79 Å². The molecular weight excluding hydrogens is 282 g/mol. The number of benzene rings is 1. The van der Waals surface area contributed by atoms with Crippen molar-refractivity contribution < 1.29 is 9.59 Å². The van der Waals surface area contributed by atoms with Crippen LogP contribution in [0.25, 0.3) is 0 Å². The normalized spacial score (nSPS) is 19.6.